The molecule has 1 aromatic heterocycles. The third-order valence-corrected chi connectivity index (χ3v) is 4.50. The van der Waals surface area contributed by atoms with Crippen molar-refractivity contribution >= 4 is 23.5 Å². The van der Waals surface area contributed by atoms with Crippen molar-refractivity contribution in [2.75, 3.05) is 42.3 Å². The third kappa shape index (κ3) is 3.55. The Balaban J connectivity index is 1.77. The minimum atomic E-state index is 0.0678. The quantitative estimate of drug-likeness (QED) is 0.773. The number of amides is 1. The number of nitrogens with one attached hydrogen (secondary N) is 1. The van der Waals surface area contributed by atoms with Crippen molar-refractivity contribution in [1.29, 1.82) is 0 Å². The second-order valence-corrected chi connectivity index (χ2v) is 6.25. The van der Waals surface area contributed by atoms with E-state index in [2.05, 4.69) is 22.2 Å². The van der Waals surface area contributed by atoms with Crippen LogP contribution >= 0.6 is 0 Å². The number of rotatable bonds is 6. The fraction of sp³-hybridized carbons (Fsp3) is 0.688. The Morgan fingerprint density at radius 3 is 2.87 bits per heavy atom. The Labute approximate surface area is 136 Å². The van der Waals surface area contributed by atoms with Gasteiger partial charge in [-0.2, -0.15) is 9.97 Å². The maximum Gasteiger partial charge on any atom is 0.232 e. The molecule has 1 saturated heterocycles. The average Bonchev–Trinajstić information content (AvgIpc) is 2.86. The number of carbonyl (C=O) groups excluding carboxylic acids is 1. The molecule has 1 amide bonds. The SMILES string of the molecule is CCCCNc1nc(N)c2c(n1)N(CC1CCOCC1)C(=O)C2. The lowest BCUT2D eigenvalue weighted by Gasteiger charge is -2.27. The van der Waals surface area contributed by atoms with Crippen molar-refractivity contribution in [2.45, 2.75) is 39.0 Å². The van der Waals surface area contributed by atoms with Crippen LogP contribution in [-0.4, -0.2) is 42.2 Å². The molecule has 3 N–H and O–H groups in total. The summed E-state index contributed by atoms with van der Waals surface area (Å²) in [5.74, 6) is 2.15. The molecule has 3 heterocycles. The molecule has 0 bridgehead atoms. The van der Waals surface area contributed by atoms with Crippen LogP contribution < -0.4 is 16.0 Å². The van der Waals surface area contributed by atoms with Gasteiger partial charge in [-0.25, -0.2) is 0 Å². The first-order valence-corrected chi connectivity index (χ1v) is 8.47. The number of fused-ring (bicyclic) bond motifs is 1. The average molecular weight is 319 g/mol. The van der Waals surface area contributed by atoms with Crippen molar-refractivity contribution in [3.63, 3.8) is 0 Å². The van der Waals surface area contributed by atoms with E-state index >= 15 is 0 Å². The summed E-state index contributed by atoms with van der Waals surface area (Å²) in [4.78, 5) is 23.0. The highest BCUT2D eigenvalue weighted by molar-refractivity contribution is 6.01. The summed E-state index contributed by atoms with van der Waals surface area (Å²) in [5.41, 5.74) is 6.81. The number of nitrogens with two attached hydrogens (primary N) is 1. The Hall–Kier alpha value is -1.89. The van der Waals surface area contributed by atoms with Gasteiger partial charge in [0, 0.05) is 31.9 Å². The van der Waals surface area contributed by atoms with Crippen LogP contribution in [0.15, 0.2) is 0 Å². The minimum absolute atomic E-state index is 0.0678. The van der Waals surface area contributed by atoms with Crippen molar-refractivity contribution in [3.8, 4) is 0 Å². The first-order valence-electron chi connectivity index (χ1n) is 8.47. The molecule has 0 atom stereocenters. The molecular weight excluding hydrogens is 294 g/mol. The Kier molecular flexibility index (Phi) is 4.95. The van der Waals surface area contributed by atoms with E-state index < -0.39 is 0 Å². The fourth-order valence-corrected chi connectivity index (χ4v) is 3.08. The zero-order valence-corrected chi connectivity index (χ0v) is 13.7. The molecule has 126 valence electrons. The van der Waals surface area contributed by atoms with Gasteiger partial charge in [0.05, 0.1) is 6.42 Å². The second-order valence-electron chi connectivity index (χ2n) is 6.25. The highest BCUT2D eigenvalue weighted by Gasteiger charge is 2.33. The maximum atomic E-state index is 12.4. The van der Waals surface area contributed by atoms with Gasteiger partial charge in [-0.1, -0.05) is 13.3 Å². The van der Waals surface area contributed by atoms with Gasteiger partial charge < -0.3 is 15.8 Å². The van der Waals surface area contributed by atoms with Gasteiger partial charge in [-0.05, 0) is 25.2 Å². The van der Waals surface area contributed by atoms with Crippen LogP contribution in [0.1, 0.15) is 38.2 Å². The number of carbonyl (C=O) groups is 1. The lowest BCUT2D eigenvalue weighted by Crippen LogP contribution is -2.35. The van der Waals surface area contributed by atoms with Gasteiger partial charge in [0.25, 0.3) is 0 Å². The van der Waals surface area contributed by atoms with Crippen LogP contribution in [0, 0.1) is 5.92 Å². The molecule has 0 unspecified atom stereocenters. The van der Waals surface area contributed by atoms with Crippen LogP contribution in [0.2, 0.25) is 0 Å². The summed E-state index contributed by atoms with van der Waals surface area (Å²) >= 11 is 0. The summed E-state index contributed by atoms with van der Waals surface area (Å²) in [6.07, 6.45) is 4.43. The first kappa shape index (κ1) is 16.0. The topological polar surface area (TPSA) is 93.4 Å². The zero-order valence-electron chi connectivity index (χ0n) is 13.7. The molecule has 2 aliphatic rings. The number of hydrogen-bond donors (Lipinski definition) is 2. The molecular formula is C16H25N5O2. The van der Waals surface area contributed by atoms with Crippen molar-refractivity contribution in [3.05, 3.63) is 5.56 Å². The van der Waals surface area contributed by atoms with E-state index in [1.165, 1.54) is 0 Å². The highest BCUT2D eigenvalue weighted by Crippen LogP contribution is 2.33. The molecule has 7 heteroatoms. The molecule has 0 aromatic carbocycles. The molecule has 0 saturated carbocycles. The fourth-order valence-electron chi connectivity index (χ4n) is 3.08. The van der Waals surface area contributed by atoms with Crippen LogP contribution in [0.4, 0.5) is 17.6 Å². The van der Waals surface area contributed by atoms with E-state index in [1.807, 2.05) is 0 Å². The van der Waals surface area contributed by atoms with Gasteiger partial charge in [0.2, 0.25) is 11.9 Å². The van der Waals surface area contributed by atoms with E-state index in [1.54, 1.807) is 4.90 Å². The van der Waals surface area contributed by atoms with Crippen LogP contribution in [0.25, 0.3) is 0 Å². The zero-order chi connectivity index (χ0) is 16.2. The third-order valence-electron chi connectivity index (χ3n) is 4.50. The van der Waals surface area contributed by atoms with E-state index in [9.17, 15) is 4.79 Å². The Morgan fingerprint density at radius 1 is 1.35 bits per heavy atom. The monoisotopic (exact) mass is 319 g/mol. The summed E-state index contributed by atoms with van der Waals surface area (Å²) in [6, 6.07) is 0. The summed E-state index contributed by atoms with van der Waals surface area (Å²) < 4.78 is 5.39. The van der Waals surface area contributed by atoms with Crippen LogP contribution in [-0.2, 0) is 16.0 Å². The number of nitrogen functional groups attached to an aromatic ring is 1. The standard InChI is InChI=1S/C16H25N5O2/c1-2-3-6-18-16-19-14(17)12-9-13(22)21(15(12)20-16)10-11-4-7-23-8-5-11/h11H,2-10H2,1H3,(H3,17,18,19,20). The Bertz CT molecular complexity index is 572. The lowest BCUT2D eigenvalue weighted by atomic mass is 10.00. The predicted molar refractivity (Wildman–Crippen MR) is 89.4 cm³/mol. The predicted octanol–water partition coefficient (Wildman–Crippen LogP) is 1.59. The van der Waals surface area contributed by atoms with E-state index in [4.69, 9.17) is 10.5 Å². The summed E-state index contributed by atoms with van der Waals surface area (Å²) in [7, 11) is 0. The van der Waals surface area contributed by atoms with E-state index in [0.717, 1.165) is 51.0 Å². The largest absolute Gasteiger partial charge is 0.383 e. The molecule has 2 aliphatic heterocycles. The van der Waals surface area contributed by atoms with Gasteiger partial charge in [-0.15, -0.1) is 0 Å². The number of ether oxygens (including phenoxy) is 1. The van der Waals surface area contributed by atoms with E-state index in [0.29, 0.717) is 36.5 Å². The molecule has 1 aromatic rings. The highest BCUT2D eigenvalue weighted by atomic mass is 16.5. The van der Waals surface area contributed by atoms with E-state index in [-0.39, 0.29) is 5.91 Å². The van der Waals surface area contributed by atoms with Crippen LogP contribution in [0.3, 0.4) is 0 Å². The van der Waals surface area contributed by atoms with Gasteiger partial charge in [0.15, 0.2) is 0 Å². The van der Waals surface area contributed by atoms with Gasteiger partial charge in [-0.3, -0.25) is 9.69 Å². The molecule has 1 fully saturated rings. The minimum Gasteiger partial charge on any atom is -0.383 e. The van der Waals surface area contributed by atoms with Crippen molar-refractivity contribution < 1.29 is 9.53 Å². The second kappa shape index (κ2) is 7.12. The molecule has 7 nitrogen and oxygen atoms in total. The van der Waals surface area contributed by atoms with Gasteiger partial charge >= 0.3 is 0 Å². The first-order chi connectivity index (χ1) is 11.2. The number of nitrogens with zero attached hydrogens (tertiary/aromatic N) is 3. The van der Waals surface area contributed by atoms with Crippen LogP contribution in [0.5, 0.6) is 0 Å². The molecule has 0 aliphatic carbocycles. The summed E-state index contributed by atoms with van der Waals surface area (Å²) in [5, 5.41) is 3.19. The summed E-state index contributed by atoms with van der Waals surface area (Å²) in [6.45, 7) is 5.18. The number of anilines is 3. The molecule has 0 spiro atoms. The van der Waals surface area contributed by atoms with Gasteiger partial charge in [0.1, 0.15) is 11.6 Å². The smallest absolute Gasteiger partial charge is 0.232 e. The number of unbranched alkanes of at least 4 members (excludes halogenated alkanes) is 1. The van der Waals surface area contributed by atoms with Crippen molar-refractivity contribution in [1.82, 2.24) is 9.97 Å². The Morgan fingerprint density at radius 2 is 2.13 bits per heavy atom. The maximum absolute atomic E-state index is 12.4. The van der Waals surface area contributed by atoms with Crippen molar-refractivity contribution in [2.24, 2.45) is 5.92 Å². The molecule has 23 heavy (non-hydrogen) atoms. The lowest BCUT2D eigenvalue weighted by molar-refractivity contribution is -0.117. The number of aromatic nitrogens is 2. The number of hydrogen-bond acceptors (Lipinski definition) is 6. The molecule has 3 rings (SSSR count). The normalized spacial score (nSPS) is 18.3. The molecule has 0 radical (unpaired) electrons.